The molecular formula is C8H8ClFZn. The van der Waals surface area contributed by atoms with Gasteiger partial charge >= 0.3 is 27.0 Å². The molecule has 1 rings (SSSR count). The van der Waals surface area contributed by atoms with Crippen LogP contribution in [0.25, 0.3) is 0 Å². The summed E-state index contributed by atoms with van der Waals surface area (Å²) in [5.41, 5.74) is 1.40. The molecule has 0 spiro atoms. The molecule has 0 saturated carbocycles. The predicted molar refractivity (Wildman–Crippen MR) is 41.4 cm³/mol. The van der Waals surface area contributed by atoms with Crippen molar-refractivity contribution in [2.75, 3.05) is 0 Å². The third-order valence-electron chi connectivity index (χ3n) is 1.38. The second kappa shape index (κ2) is 5.57. The third kappa shape index (κ3) is 3.22. The van der Waals surface area contributed by atoms with Crippen LogP contribution in [0.5, 0.6) is 0 Å². The molecule has 0 aromatic heterocycles. The first-order valence-corrected chi connectivity index (χ1v) is 6.95. The molecule has 3 heteroatoms. The number of benzene rings is 1. The first-order chi connectivity index (χ1) is 5.22. The Bertz CT molecular complexity index is 205. The van der Waals surface area contributed by atoms with Gasteiger partial charge in [0.25, 0.3) is 0 Å². The van der Waals surface area contributed by atoms with E-state index < -0.39 is 0 Å². The number of rotatable bonds is 0. The van der Waals surface area contributed by atoms with Crippen LogP contribution < -0.4 is 0 Å². The Morgan fingerprint density at radius 1 is 1.45 bits per heavy atom. The summed E-state index contributed by atoms with van der Waals surface area (Å²) in [4.78, 5) is 0. The van der Waals surface area contributed by atoms with Crippen LogP contribution in [0.2, 0.25) is 0 Å². The van der Waals surface area contributed by atoms with Crippen LogP contribution in [0.4, 0.5) is 4.39 Å². The van der Waals surface area contributed by atoms with E-state index in [9.17, 15) is 4.39 Å². The van der Waals surface area contributed by atoms with Crippen LogP contribution in [0.15, 0.2) is 18.2 Å². The van der Waals surface area contributed by atoms with E-state index in [1.807, 2.05) is 0 Å². The van der Waals surface area contributed by atoms with Crippen molar-refractivity contribution in [3.05, 3.63) is 42.1 Å². The minimum absolute atomic E-state index is 0.178. The predicted octanol–water partition coefficient (Wildman–Crippen LogP) is 3.00. The second-order valence-electron chi connectivity index (χ2n) is 2.02. The van der Waals surface area contributed by atoms with Crippen molar-refractivity contribution in [2.45, 2.75) is 6.92 Å². The molecule has 0 fully saturated rings. The van der Waals surface area contributed by atoms with Gasteiger partial charge in [-0.25, -0.2) is 4.39 Å². The maximum absolute atomic E-state index is 12.5. The second-order valence-corrected chi connectivity index (χ2v) is 2.02. The zero-order valence-corrected chi connectivity index (χ0v) is 10.1. The van der Waals surface area contributed by atoms with Gasteiger partial charge in [-0.05, 0) is 0 Å². The van der Waals surface area contributed by atoms with Crippen LogP contribution in [-0.2, 0) is 17.3 Å². The normalized spacial score (nSPS) is 8.45. The van der Waals surface area contributed by atoms with E-state index in [1.54, 1.807) is 19.1 Å². The fraction of sp³-hybridized carbons (Fsp3) is 0.125. The van der Waals surface area contributed by atoms with E-state index >= 15 is 0 Å². The van der Waals surface area contributed by atoms with Crippen molar-refractivity contribution in [2.24, 2.45) is 0 Å². The zero-order valence-electron chi connectivity index (χ0n) is 6.40. The summed E-state index contributed by atoms with van der Waals surface area (Å²) in [6.45, 7) is 5.36. The first-order valence-electron chi connectivity index (χ1n) is 3.05. The molecular weight excluding hydrogens is 216 g/mol. The number of halogens is 2. The van der Waals surface area contributed by atoms with Crippen LogP contribution in [0.3, 0.4) is 0 Å². The molecule has 0 unspecified atom stereocenters. The molecule has 0 amide bonds. The van der Waals surface area contributed by atoms with Crippen molar-refractivity contribution in [1.82, 2.24) is 0 Å². The monoisotopic (exact) mass is 222 g/mol. The Balaban J connectivity index is 0.000000461. The first kappa shape index (κ1) is 10.9. The van der Waals surface area contributed by atoms with Gasteiger partial charge in [-0.15, -0.1) is 11.6 Å². The molecule has 0 atom stereocenters. The third-order valence-corrected chi connectivity index (χ3v) is 1.38. The summed E-state index contributed by atoms with van der Waals surface area (Å²) in [5.74, 6) is -0.178. The van der Waals surface area contributed by atoms with Gasteiger partial charge < -0.3 is 0 Å². The van der Waals surface area contributed by atoms with Crippen molar-refractivity contribution >= 4 is 9.69 Å². The molecule has 0 bridgehead atoms. The number of hydrogen-bond donors (Lipinski definition) is 0. The average molecular weight is 224 g/mol. The maximum atomic E-state index is 12.5. The molecule has 56 valence electrons. The Morgan fingerprint density at radius 2 is 2.00 bits per heavy atom. The van der Waals surface area contributed by atoms with Crippen LogP contribution in [-0.4, -0.2) is 0 Å². The van der Waals surface area contributed by atoms with Crippen LogP contribution in [0, 0.1) is 19.7 Å². The molecule has 0 aliphatic heterocycles. The summed E-state index contributed by atoms with van der Waals surface area (Å²) in [5, 5.41) is 0. The minimum atomic E-state index is -0.178. The SMILES string of the molecule is [CH2-]c1cccc(F)c1C.[Cl][Zn+]. The van der Waals surface area contributed by atoms with Gasteiger partial charge in [0.15, 0.2) is 0 Å². The summed E-state index contributed by atoms with van der Waals surface area (Å²) < 4.78 is 12.5. The van der Waals surface area contributed by atoms with Gasteiger partial charge in [0, 0.05) is 0 Å². The van der Waals surface area contributed by atoms with Gasteiger partial charge in [-0.1, -0.05) is 13.0 Å². The van der Waals surface area contributed by atoms with Crippen molar-refractivity contribution < 1.29 is 21.7 Å². The molecule has 0 saturated heterocycles. The van der Waals surface area contributed by atoms with Gasteiger partial charge in [-0.2, -0.15) is 18.6 Å². The Labute approximate surface area is 80.5 Å². The van der Waals surface area contributed by atoms with Crippen LogP contribution in [0.1, 0.15) is 11.1 Å². The molecule has 0 aliphatic carbocycles. The molecule has 1 aromatic carbocycles. The van der Waals surface area contributed by atoms with Gasteiger partial charge in [-0.3, -0.25) is 0 Å². The molecule has 0 heterocycles. The van der Waals surface area contributed by atoms with E-state index in [0.29, 0.717) is 5.56 Å². The summed E-state index contributed by atoms with van der Waals surface area (Å²) in [6.07, 6.45) is 0. The topological polar surface area (TPSA) is 0 Å². The van der Waals surface area contributed by atoms with E-state index in [-0.39, 0.29) is 5.82 Å². The molecule has 0 aliphatic rings. The molecule has 1 aromatic rings. The average Bonchev–Trinajstić information content (AvgIpc) is 2.04. The molecule has 11 heavy (non-hydrogen) atoms. The van der Waals surface area contributed by atoms with Crippen molar-refractivity contribution in [3.8, 4) is 0 Å². The van der Waals surface area contributed by atoms with E-state index in [2.05, 4.69) is 6.92 Å². The number of hydrogen-bond acceptors (Lipinski definition) is 0. The zero-order chi connectivity index (χ0) is 8.85. The van der Waals surface area contributed by atoms with Gasteiger partial charge in [0.05, 0.1) is 5.82 Å². The summed E-state index contributed by atoms with van der Waals surface area (Å²) in [7, 11) is 4.76. The molecule has 0 nitrogen and oxygen atoms in total. The molecule has 0 radical (unpaired) electrons. The van der Waals surface area contributed by atoms with E-state index in [1.165, 1.54) is 6.07 Å². The van der Waals surface area contributed by atoms with Gasteiger partial charge in [0.2, 0.25) is 0 Å². The Hall–Kier alpha value is -0.0666. The summed E-state index contributed by atoms with van der Waals surface area (Å²) in [6, 6.07) is 4.88. The fourth-order valence-corrected chi connectivity index (χ4v) is 0.652. The summed E-state index contributed by atoms with van der Waals surface area (Å²) >= 11 is 0.847. The Kier molecular flexibility index (Phi) is 5.53. The quantitative estimate of drug-likeness (QED) is 0.469. The van der Waals surface area contributed by atoms with Crippen molar-refractivity contribution in [3.63, 3.8) is 0 Å². The van der Waals surface area contributed by atoms with E-state index in [4.69, 9.17) is 9.69 Å². The molecule has 0 N–H and O–H groups in total. The fourth-order valence-electron chi connectivity index (χ4n) is 0.652. The van der Waals surface area contributed by atoms with Gasteiger partial charge in [0.1, 0.15) is 0 Å². The van der Waals surface area contributed by atoms with Crippen LogP contribution >= 0.6 is 9.69 Å². The van der Waals surface area contributed by atoms with Crippen molar-refractivity contribution in [1.29, 1.82) is 0 Å². The standard InChI is InChI=1S/C8H8F.ClH.Zn/c1-6-4-3-5-8(9)7(6)2;;/h3-5H,1H2,2H3;1H;/q-1;;+2/p-1. The van der Waals surface area contributed by atoms with E-state index in [0.717, 1.165) is 22.9 Å². The Morgan fingerprint density at radius 3 is 2.36 bits per heavy atom.